The number of nitrogens with one attached hydrogen (secondary N) is 1. The van der Waals surface area contributed by atoms with Crippen molar-refractivity contribution >= 4 is 17.6 Å². The summed E-state index contributed by atoms with van der Waals surface area (Å²) in [5, 5.41) is 2.75. The number of halogens is 2. The SMILES string of the molecule is CCOC(=O)CC(C)(C)NC(=O)/C(C)=N/C(OCC1CC1)=C(\C)N1CC(F)(F)C1. The summed E-state index contributed by atoms with van der Waals surface area (Å²) in [6, 6.07) is 0. The topological polar surface area (TPSA) is 80.2 Å². The molecule has 2 rings (SSSR count). The number of carbonyl (C=O) groups is 2. The maximum atomic E-state index is 13.2. The van der Waals surface area contributed by atoms with Crippen LogP contribution < -0.4 is 5.32 Å². The quantitative estimate of drug-likeness (QED) is 0.337. The summed E-state index contributed by atoms with van der Waals surface area (Å²) < 4.78 is 37.1. The number of hydrogen-bond donors (Lipinski definition) is 1. The monoisotopic (exact) mass is 415 g/mol. The van der Waals surface area contributed by atoms with E-state index < -0.39 is 23.3 Å². The Labute approximate surface area is 170 Å². The molecule has 0 aromatic carbocycles. The van der Waals surface area contributed by atoms with Crippen molar-refractivity contribution in [2.24, 2.45) is 10.9 Å². The molecule has 0 aromatic heterocycles. The predicted molar refractivity (Wildman–Crippen MR) is 104 cm³/mol. The third-order valence-electron chi connectivity index (χ3n) is 4.72. The lowest BCUT2D eigenvalue weighted by atomic mass is 10.0. The van der Waals surface area contributed by atoms with E-state index in [1.165, 1.54) is 11.8 Å². The van der Waals surface area contributed by atoms with Gasteiger partial charge in [-0.05, 0) is 53.4 Å². The Bertz CT molecular complexity index is 692. The standard InChI is InChI=1S/C20H31F2N3O4/c1-6-28-16(26)9-19(4,5)24-17(27)13(2)23-18(29-10-15-7-8-15)14(3)25-11-20(21,22)12-25/h15H,6-12H2,1-5H3,(H,24,27)/b18-14-,23-13+. The number of allylic oxidation sites excluding steroid dienone is 1. The van der Waals surface area contributed by atoms with Crippen molar-refractivity contribution in [2.45, 2.75) is 65.3 Å². The van der Waals surface area contributed by atoms with Gasteiger partial charge >= 0.3 is 5.97 Å². The molecule has 1 aliphatic heterocycles. The molecule has 2 aliphatic rings. The number of aliphatic imine (C=N–C) groups is 1. The van der Waals surface area contributed by atoms with E-state index in [9.17, 15) is 18.4 Å². The number of hydrogen-bond acceptors (Lipinski definition) is 6. The molecule has 1 amide bonds. The molecule has 0 bridgehead atoms. The molecule has 1 aliphatic carbocycles. The van der Waals surface area contributed by atoms with Crippen LogP contribution in [-0.4, -0.2) is 60.3 Å². The highest BCUT2D eigenvalue weighted by molar-refractivity contribution is 6.38. The number of nitrogens with zero attached hydrogens (tertiary/aromatic N) is 2. The Hall–Kier alpha value is -2.19. The highest BCUT2D eigenvalue weighted by Gasteiger charge is 2.44. The second-order valence-electron chi connectivity index (χ2n) is 8.37. The summed E-state index contributed by atoms with van der Waals surface area (Å²) >= 11 is 0. The van der Waals surface area contributed by atoms with E-state index >= 15 is 0 Å². The molecule has 7 nitrogen and oxygen atoms in total. The summed E-state index contributed by atoms with van der Waals surface area (Å²) in [5.41, 5.74) is -0.221. The highest BCUT2D eigenvalue weighted by Crippen LogP contribution is 2.33. The van der Waals surface area contributed by atoms with Gasteiger partial charge in [0, 0.05) is 5.54 Å². The normalized spacial score (nSPS) is 19.8. The summed E-state index contributed by atoms with van der Waals surface area (Å²) in [7, 11) is 0. The molecule has 1 saturated heterocycles. The van der Waals surface area contributed by atoms with Crippen LogP contribution in [0, 0.1) is 5.92 Å². The molecule has 164 valence electrons. The Balaban J connectivity index is 2.07. The van der Waals surface area contributed by atoms with E-state index in [0.29, 0.717) is 18.2 Å². The number of likely N-dealkylation sites (tertiary alicyclic amines) is 1. The number of carbonyl (C=O) groups excluding carboxylic acids is 2. The first-order chi connectivity index (χ1) is 13.4. The predicted octanol–water partition coefficient (Wildman–Crippen LogP) is 2.86. The van der Waals surface area contributed by atoms with Crippen LogP contribution >= 0.6 is 0 Å². The summed E-state index contributed by atoms with van der Waals surface area (Å²) in [6.45, 7) is 8.27. The minimum atomic E-state index is -2.71. The first-order valence-electron chi connectivity index (χ1n) is 9.92. The lowest BCUT2D eigenvalue weighted by molar-refractivity contribution is -0.144. The molecule has 1 heterocycles. The fourth-order valence-corrected chi connectivity index (χ4v) is 2.80. The van der Waals surface area contributed by atoms with E-state index in [1.54, 1.807) is 27.7 Å². The van der Waals surface area contributed by atoms with Crippen molar-refractivity contribution in [3.05, 3.63) is 11.6 Å². The third kappa shape index (κ3) is 7.29. The van der Waals surface area contributed by atoms with Crippen LogP contribution in [0.3, 0.4) is 0 Å². The molecule has 1 N–H and O–H groups in total. The second kappa shape index (κ2) is 9.09. The van der Waals surface area contributed by atoms with Crippen LogP contribution in [0.15, 0.2) is 16.6 Å². The van der Waals surface area contributed by atoms with Gasteiger partial charge in [0.2, 0.25) is 5.88 Å². The zero-order chi connectivity index (χ0) is 21.8. The third-order valence-corrected chi connectivity index (χ3v) is 4.72. The van der Waals surface area contributed by atoms with Gasteiger partial charge in [0.25, 0.3) is 11.8 Å². The van der Waals surface area contributed by atoms with Crippen molar-refractivity contribution in [2.75, 3.05) is 26.3 Å². The van der Waals surface area contributed by atoms with E-state index in [2.05, 4.69) is 10.3 Å². The Morgan fingerprint density at radius 3 is 2.34 bits per heavy atom. The van der Waals surface area contributed by atoms with Gasteiger partial charge in [-0.1, -0.05) is 0 Å². The number of rotatable bonds is 10. The molecule has 0 aromatic rings. The molecular weight excluding hydrogens is 384 g/mol. The number of ether oxygens (including phenoxy) is 2. The van der Waals surface area contributed by atoms with E-state index in [1.807, 2.05) is 0 Å². The Morgan fingerprint density at radius 2 is 1.83 bits per heavy atom. The Morgan fingerprint density at radius 1 is 1.21 bits per heavy atom. The first kappa shape index (κ1) is 23.1. The van der Waals surface area contributed by atoms with Crippen LogP contribution in [0.25, 0.3) is 0 Å². The van der Waals surface area contributed by atoms with Crippen molar-refractivity contribution in [3.63, 3.8) is 0 Å². The number of esters is 1. The first-order valence-corrected chi connectivity index (χ1v) is 9.92. The average Bonchev–Trinajstić information content (AvgIpc) is 3.38. The van der Waals surface area contributed by atoms with E-state index in [0.717, 1.165) is 12.8 Å². The van der Waals surface area contributed by atoms with Crippen LogP contribution in [0.5, 0.6) is 0 Å². The summed E-state index contributed by atoms with van der Waals surface area (Å²) in [4.78, 5) is 30.0. The molecule has 0 radical (unpaired) electrons. The molecule has 0 atom stereocenters. The zero-order valence-electron chi connectivity index (χ0n) is 17.8. The van der Waals surface area contributed by atoms with Crippen molar-refractivity contribution in [3.8, 4) is 0 Å². The highest BCUT2D eigenvalue weighted by atomic mass is 19.3. The molecule has 0 spiro atoms. The van der Waals surface area contributed by atoms with Crippen molar-refractivity contribution in [1.29, 1.82) is 0 Å². The number of amides is 1. The number of alkyl halides is 2. The van der Waals surface area contributed by atoms with Gasteiger partial charge in [0.15, 0.2) is 0 Å². The largest absolute Gasteiger partial charge is 0.476 e. The van der Waals surface area contributed by atoms with Gasteiger partial charge in [0.05, 0.1) is 38.4 Å². The minimum Gasteiger partial charge on any atom is -0.476 e. The molecule has 2 fully saturated rings. The van der Waals surface area contributed by atoms with Gasteiger partial charge < -0.3 is 19.7 Å². The Kier molecular flexibility index (Phi) is 7.24. The zero-order valence-corrected chi connectivity index (χ0v) is 17.8. The fraction of sp³-hybridized carbons (Fsp3) is 0.750. The summed E-state index contributed by atoms with van der Waals surface area (Å²) in [5.74, 6) is -2.95. The van der Waals surface area contributed by atoms with Gasteiger partial charge in [-0.3, -0.25) is 9.59 Å². The van der Waals surface area contributed by atoms with Gasteiger partial charge in [-0.15, -0.1) is 0 Å². The van der Waals surface area contributed by atoms with Crippen molar-refractivity contribution < 1.29 is 27.8 Å². The average molecular weight is 415 g/mol. The van der Waals surface area contributed by atoms with Gasteiger partial charge in [0.1, 0.15) is 5.71 Å². The lowest BCUT2D eigenvalue weighted by Crippen LogP contribution is -2.55. The van der Waals surface area contributed by atoms with Crippen LogP contribution in [0.1, 0.15) is 53.9 Å². The maximum absolute atomic E-state index is 13.2. The fourth-order valence-electron chi connectivity index (χ4n) is 2.80. The van der Waals surface area contributed by atoms with Crippen molar-refractivity contribution in [1.82, 2.24) is 10.2 Å². The molecule has 9 heteroatoms. The molecule has 1 saturated carbocycles. The van der Waals surface area contributed by atoms with Crippen LogP contribution in [0.2, 0.25) is 0 Å². The maximum Gasteiger partial charge on any atom is 0.308 e. The smallest absolute Gasteiger partial charge is 0.308 e. The van der Waals surface area contributed by atoms with Gasteiger partial charge in [-0.25, -0.2) is 13.8 Å². The lowest BCUT2D eigenvalue weighted by Gasteiger charge is -2.41. The van der Waals surface area contributed by atoms with Gasteiger partial charge in [-0.2, -0.15) is 0 Å². The second-order valence-corrected chi connectivity index (χ2v) is 8.37. The molecule has 29 heavy (non-hydrogen) atoms. The van der Waals surface area contributed by atoms with Crippen LogP contribution in [0.4, 0.5) is 8.78 Å². The van der Waals surface area contributed by atoms with Crippen LogP contribution in [-0.2, 0) is 19.1 Å². The van der Waals surface area contributed by atoms with E-state index in [-0.39, 0.29) is 37.7 Å². The minimum absolute atomic E-state index is 0.0165. The summed E-state index contributed by atoms with van der Waals surface area (Å²) in [6.07, 6.45) is 2.15. The molecular formula is C20H31F2N3O4. The van der Waals surface area contributed by atoms with E-state index in [4.69, 9.17) is 9.47 Å². The molecule has 0 unspecified atom stereocenters.